The van der Waals surface area contributed by atoms with Gasteiger partial charge in [0.15, 0.2) is 6.29 Å². The molecule has 1 aliphatic rings. The smallest absolute Gasteiger partial charge is 0.219 e. The van der Waals surface area contributed by atoms with Crippen molar-refractivity contribution in [2.45, 2.75) is 97.4 Å². The molecule has 0 aromatic carbocycles. The van der Waals surface area contributed by atoms with Crippen LogP contribution < -0.4 is 5.32 Å². The maximum absolute atomic E-state index is 12.0. The van der Waals surface area contributed by atoms with E-state index in [0.29, 0.717) is 25.4 Å². The summed E-state index contributed by atoms with van der Waals surface area (Å²) in [5.41, 5.74) is 0. The Kier molecular flexibility index (Phi) is 16.4. The van der Waals surface area contributed by atoms with Crippen molar-refractivity contribution in [2.75, 3.05) is 26.9 Å². The molecule has 1 N–H and O–H groups in total. The summed E-state index contributed by atoms with van der Waals surface area (Å²) in [5, 5.41) is 3.02. The molecule has 32 heavy (non-hydrogen) atoms. The Morgan fingerprint density at radius 2 is 1.91 bits per heavy atom. The highest BCUT2D eigenvalue weighted by atomic mass is 16.7. The molecule has 1 saturated heterocycles. The van der Waals surface area contributed by atoms with Crippen molar-refractivity contribution >= 4 is 12.2 Å². The number of hydrogen-bond donors (Lipinski definition) is 1. The van der Waals surface area contributed by atoms with Gasteiger partial charge >= 0.3 is 0 Å². The molecule has 1 heterocycles. The first-order valence-electron chi connectivity index (χ1n) is 12.6. The topological polar surface area (TPSA) is 73.9 Å². The van der Waals surface area contributed by atoms with Gasteiger partial charge in [0.05, 0.1) is 6.10 Å². The standard InChI is InChI=1S/C26H47NO5/c1-5-13-24-22(3)23(19-28)18-26(32-24)31-17-12-10-15-25(29)27-16-11-8-6-7-9-14-21(2)20-30-4/h5,13,19,21-24,26H,6-12,14-18,20H2,1-4H3,(H,27,29). The summed E-state index contributed by atoms with van der Waals surface area (Å²) >= 11 is 0. The lowest BCUT2D eigenvalue weighted by Gasteiger charge is -2.36. The summed E-state index contributed by atoms with van der Waals surface area (Å²) in [6, 6.07) is 0. The van der Waals surface area contributed by atoms with Gasteiger partial charge in [0.25, 0.3) is 0 Å². The van der Waals surface area contributed by atoms with Crippen LogP contribution in [0.5, 0.6) is 0 Å². The lowest BCUT2D eigenvalue weighted by Crippen LogP contribution is -2.40. The van der Waals surface area contributed by atoms with Gasteiger partial charge in [-0.2, -0.15) is 0 Å². The van der Waals surface area contributed by atoms with E-state index >= 15 is 0 Å². The quantitative estimate of drug-likeness (QED) is 0.178. The molecule has 0 aliphatic carbocycles. The van der Waals surface area contributed by atoms with E-state index in [4.69, 9.17) is 14.2 Å². The minimum absolute atomic E-state index is 0.0417. The molecule has 0 bridgehead atoms. The van der Waals surface area contributed by atoms with E-state index < -0.39 is 0 Å². The maximum Gasteiger partial charge on any atom is 0.219 e. The number of hydrogen-bond acceptors (Lipinski definition) is 5. The van der Waals surface area contributed by atoms with Gasteiger partial charge in [-0.15, -0.1) is 0 Å². The molecular formula is C26H47NO5. The number of carbonyl (C=O) groups is 2. The van der Waals surface area contributed by atoms with E-state index in [0.717, 1.165) is 38.7 Å². The molecule has 1 fully saturated rings. The summed E-state index contributed by atoms with van der Waals surface area (Å²) in [4.78, 5) is 23.3. The fourth-order valence-electron chi connectivity index (χ4n) is 4.17. The van der Waals surface area contributed by atoms with E-state index in [2.05, 4.69) is 12.2 Å². The molecule has 5 unspecified atom stereocenters. The predicted molar refractivity (Wildman–Crippen MR) is 128 cm³/mol. The van der Waals surface area contributed by atoms with Crippen LogP contribution in [0.25, 0.3) is 0 Å². The normalized spacial score (nSPS) is 24.5. The number of carbonyl (C=O) groups excluding carboxylic acids is 2. The molecule has 6 nitrogen and oxygen atoms in total. The van der Waals surface area contributed by atoms with Gasteiger partial charge in [0.1, 0.15) is 6.29 Å². The van der Waals surface area contributed by atoms with Crippen LogP contribution in [0.1, 0.15) is 85.0 Å². The maximum atomic E-state index is 12.0. The zero-order chi connectivity index (χ0) is 23.6. The fourth-order valence-corrected chi connectivity index (χ4v) is 4.17. The Morgan fingerprint density at radius 3 is 2.62 bits per heavy atom. The van der Waals surface area contributed by atoms with E-state index in [-0.39, 0.29) is 30.1 Å². The number of amides is 1. The highest BCUT2D eigenvalue weighted by Gasteiger charge is 2.34. The van der Waals surface area contributed by atoms with Gasteiger partial charge in [0, 0.05) is 45.6 Å². The van der Waals surface area contributed by atoms with Gasteiger partial charge in [-0.1, -0.05) is 51.7 Å². The Balaban J connectivity index is 2.00. The molecule has 186 valence electrons. The number of allylic oxidation sites excluding steroid dienone is 1. The average molecular weight is 454 g/mol. The van der Waals surface area contributed by atoms with Crippen molar-refractivity contribution in [3.63, 3.8) is 0 Å². The van der Waals surface area contributed by atoms with Crippen LogP contribution in [-0.4, -0.2) is 51.5 Å². The first-order valence-corrected chi connectivity index (χ1v) is 12.6. The number of aldehydes is 1. The summed E-state index contributed by atoms with van der Waals surface area (Å²) in [7, 11) is 1.76. The minimum Gasteiger partial charge on any atom is -0.384 e. The number of methoxy groups -OCH3 is 1. The van der Waals surface area contributed by atoms with E-state index in [1.165, 1.54) is 32.1 Å². The van der Waals surface area contributed by atoms with Crippen LogP contribution in [-0.2, 0) is 23.8 Å². The van der Waals surface area contributed by atoms with Gasteiger partial charge in [-0.3, -0.25) is 4.79 Å². The Bertz CT molecular complexity index is 524. The summed E-state index contributed by atoms with van der Waals surface area (Å²) in [5.74, 6) is 0.888. The van der Waals surface area contributed by atoms with Gasteiger partial charge in [-0.25, -0.2) is 0 Å². The molecule has 0 spiro atoms. The molecule has 1 aliphatic heterocycles. The molecule has 1 rings (SSSR count). The largest absolute Gasteiger partial charge is 0.384 e. The Morgan fingerprint density at radius 1 is 1.16 bits per heavy atom. The number of rotatable bonds is 18. The van der Waals surface area contributed by atoms with E-state index in [1.807, 2.05) is 26.0 Å². The first kappa shape index (κ1) is 28.8. The molecule has 0 radical (unpaired) electrons. The number of unbranched alkanes of at least 4 members (excludes halogenated alkanes) is 5. The fraction of sp³-hybridized carbons (Fsp3) is 0.846. The van der Waals surface area contributed by atoms with E-state index in [9.17, 15) is 9.59 Å². The Hall–Kier alpha value is -1.24. The second-order valence-corrected chi connectivity index (χ2v) is 9.25. The summed E-state index contributed by atoms with van der Waals surface area (Å²) < 4.78 is 17.0. The Labute approximate surface area is 195 Å². The highest BCUT2D eigenvalue weighted by molar-refractivity contribution is 5.75. The lowest BCUT2D eigenvalue weighted by atomic mass is 9.85. The van der Waals surface area contributed by atoms with Crippen molar-refractivity contribution < 1.29 is 23.8 Å². The molecule has 1 amide bonds. The zero-order valence-electron chi connectivity index (χ0n) is 20.9. The third-order valence-corrected chi connectivity index (χ3v) is 6.27. The molecular weight excluding hydrogens is 406 g/mol. The van der Waals surface area contributed by atoms with Crippen molar-refractivity contribution in [3.05, 3.63) is 12.2 Å². The second kappa shape index (κ2) is 18.2. The second-order valence-electron chi connectivity index (χ2n) is 9.25. The molecule has 5 atom stereocenters. The van der Waals surface area contributed by atoms with Crippen molar-refractivity contribution in [3.8, 4) is 0 Å². The van der Waals surface area contributed by atoms with Crippen LogP contribution in [0.15, 0.2) is 12.2 Å². The zero-order valence-corrected chi connectivity index (χ0v) is 20.9. The first-order chi connectivity index (χ1) is 15.5. The molecule has 6 heteroatoms. The third-order valence-electron chi connectivity index (χ3n) is 6.27. The number of ether oxygens (including phenoxy) is 3. The van der Waals surface area contributed by atoms with Crippen molar-refractivity contribution in [1.29, 1.82) is 0 Å². The highest BCUT2D eigenvalue weighted by Crippen LogP contribution is 2.30. The third kappa shape index (κ3) is 12.7. The van der Waals surface area contributed by atoms with Gasteiger partial charge in [-0.05, 0) is 44.4 Å². The SMILES string of the molecule is CC=CC1OC(OCCCCC(=O)NCCCCCCCC(C)COC)CC(C=O)C1C. The summed E-state index contributed by atoms with van der Waals surface area (Å²) in [6.07, 6.45) is 14.5. The molecule has 0 aromatic heterocycles. The molecule has 0 aromatic rings. The summed E-state index contributed by atoms with van der Waals surface area (Å²) in [6.45, 7) is 8.39. The number of nitrogens with one attached hydrogen (secondary N) is 1. The van der Waals surface area contributed by atoms with Crippen molar-refractivity contribution in [2.24, 2.45) is 17.8 Å². The van der Waals surface area contributed by atoms with Crippen LogP contribution in [0, 0.1) is 17.8 Å². The van der Waals surface area contributed by atoms with Crippen LogP contribution in [0.3, 0.4) is 0 Å². The van der Waals surface area contributed by atoms with Crippen LogP contribution in [0.2, 0.25) is 0 Å². The van der Waals surface area contributed by atoms with Crippen LogP contribution in [0.4, 0.5) is 0 Å². The monoisotopic (exact) mass is 453 g/mol. The average Bonchev–Trinajstić information content (AvgIpc) is 2.77. The van der Waals surface area contributed by atoms with E-state index in [1.54, 1.807) is 7.11 Å². The lowest BCUT2D eigenvalue weighted by molar-refractivity contribution is -0.208. The van der Waals surface area contributed by atoms with Crippen molar-refractivity contribution in [1.82, 2.24) is 5.32 Å². The minimum atomic E-state index is -0.348. The predicted octanol–water partition coefficient (Wildman–Crippen LogP) is 5.05. The van der Waals surface area contributed by atoms with Gasteiger partial charge in [0.2, 0.25) is 5.91 Å². The van der Waals surface area contributed by atoms with Gasteiger partial charge < -0.3 is 24.3 Å². The molecule has 0 saturated carbocycles. The van der Waals surface area contributed by atoms with Crippen LogP contribution >= 0.6 is 0 Å².